The molecule has 0 spiro atoms. The summed E-state index contributed by atoms with van der Waals surface area (Å²) >= 11 is 3.48. The zero-order valence-corrected chi connectivity index (χ0v) is 22.2. The van der Waals surface area contributed by atoms with Crippen molar-refractivity contribution in [2.75, 3.05) is 13.7 Å². The highest BCUT2D eigenvalue weighted by Gasteiger charge is 2.17. The van der Waals surface area contributed by atoms with Crippen molar-refractivity contribution in [2.24, 2.45) is 5.10 Å². The van der Waals surface area contributed by atoms with Crippen LogP contribution in [0.15, 0.2) is 104 Å². The molecule has 0 radical (unpaired) electrons. The van der Waals surface area contributed by atoms with E-state index in [-0.39, 0.29) is 18.0 Å². The number of aromatic nitrogens is 2. The number of hydrogen-bond acceptors (Lipinski definition) is 7. The summed E-state index contributed by atoms with van der Waals surface area (Å²) in [5.41, 5.74) is 1.42. The molecule has 0 fully saturated rings. The lowest BCUT2D eigenvalue weighted by Crippen LogP contribution is -2.20. The summed E-state index contributed by atoms with van der Waals surface area (Å²) in [5.74, 6) is 0.544. The number of halogens is 1. The highest BCUT2D eigenvalue weighted by Crippen LogP contribution is 2.30. The molecule has 0 unspecified atom stereocenters. The van der Waals surface area contributed by atoms with Crippen LogP contribution in [0, 0.1) is 0 Å². The van der Waals surface area contributed by atoms with Gasteiger partial charge in [0.1, 0.15) is 11.3 Å². The first kappa shape index (κ1) is 24.6. The SMILES string of the molecule is COC(=O)COc1ccc2ccccc2c1C=Nn1c(-c2cc3cc(Br)ccc3o2)nc2ccccc2c1=O. The molecule has 0 saturated heterocycles. The quantitative estimate of drug-likeness (QED) is 0.173. The van der Waals surface area contributed by atoms with Crippen LogP contribution in [0.2, 0.25) is 0 Å². The Kier molecular flexibility index (Phi) is 6.42. The molecule has 0 N–H and O–H groups in total. The molecule has 0 bridgehead atoms. The third-order valence-electron chi connectivity index (χ3n) is 6.26. The highest BCUT2D eigenvalue weighted by atomic mass is 79.9. The number of rotatable bonds is 6. The second kappa shape index (κ2) is 10.2. The van der Waals surface area contributed by atoms with Crippen LogP contribution < -0.4 is 10.3 Å². The molecule has 0 atom stereocenters. The van der Waals surface area contributed by atoms with Crippen LogP contribution >= 0.6 is 15.9 Å². The number of ether oxygens (including phenoxy) is 2. The van der Waals surface area contributed by atoms with Gasteiger partial charge in [0, 0.05) is 15.4 Å². The smallest absolute Gasteiger partial charge is 0.343 e. The number of para-hydroxylation sites is 1. The maximum atomic E-state index is 13.7. The van der Waals surface area contributed by atoms with Crippen LogP contribution in [0.25, 0.3) is 44.2 Å². The van der Waals surface area contributed by atoms with Crippen LogP contribution in [0.5, 0.6) is 5.75 Å². The Balaban J connectivity index is 1.55. The van der Waals surface area contributed by atoms with Gasteiger partial charge in [0.15, 0.2) is 12.4 Å². The number of methoxy groups -OCH3 is 1. The van der Waals surface area contributed by atoms with Crippen molar-refractivity contribution in [1.82, 2.24) is 9.66 Å². The van der Waals surface area contributed by atoms with Gasteiger partial charge in [0.05, 0.1) is 24.2 Å². The minimum absolute atomic E-state index is 0.250. The van der Waals surface area contributed by atoms with Gasteiger partial charge in [-0.1, -0.05) is 58.4 Å². The van der Waals surface area contributed by atoms with Crippen molar-refractivity contribution in [2.45, 2.75) is 0 Å². The summed E-state index contributed by atoms with van der Waals surface area (Å²) in [7, 11) is 1.30. The molecule has 0 amide bonds. The molecule has 9 heteroatoms. The lowest BCUT2D eigenvalue weighted by molar-refractivity contribution is -0.142. The Morgan fingerprint density at radius 3 is 2.64 bits per heavy atom. The molecule has 0 aliphatic rings. The fourth-order valence-electron chi connectivity index (χ4n) is 4.36. The molecule has 8 nitrogen and oxygen atoms in total. The Morgan fingerprint density at radius 2 is 1.79 bits per heavy atom. The summed E-state index contributed by atoms with van der Waals surface area (Å²) in [6.45, 7) is -0.271. The maximum Gasteiger partial charge on any atom is 0.343 e. The third-order valence-corrected chi connectivity index (χ3v) is 6.75. The van der Waals surface area contributed by atoms with Crippen molar-refractivity contribution >= 4 is 60.8 Å². The van der Waals surface area contributed by atoms with E-state index in [2.05, 4.69) is 21.0 Å². The van der Waals surface area contributed by atoms with Gasteiger partial charge in [-0.05, 0) is 53.2 Å². The van der Waals surface area contributed by atoms with Crippen LogP contribution in [0.4, 0.5) is 0 Å². The van der Waals surface area contributed by atoms with E-state index >= 15 is 0 Å². The number of carbonyl (C=O) groups excluding carboxylic acids is 1. The fourth-order valence-corrected chi connectivity index (χ4v) is 4.74. The van der Waals surface area contributed by atoms with Crippen molar-refractivity contribution in [3.8, 4) is 17.3 Å². The lowest BCUT2D eigenvalue weighted by atomic mass is 10.0. The average molecular weight is 582 g/mol. The summed E-state index contributed by atoms with van der Waals surface area (Å²) in [5, 5.41) is 7.64. The Morgan fingerprint density at radius 1 is 1.00 bits per heavy atom. The molecular weight excluding hydrogens is 562 g/mol. The van der Waals surface area contributed by atoms with Gasteiger partial charge >= 0.3 is 5.97 Å². The minimum atomic E-state index is -0.514. The topological polar surface area (TPSA) is 95.9 Å². The first-order chi connectivity index (χ1) is 19.0. The van der Waals surface area contributed by atoms with Crippen LogP contribution in [-0.2, 0) is 9.53 Å². The minimum Gasteiger partial charge on any atom is -0.481 e. The third kappa shape index (κ3) is 4.68. The van der Waals surface area contributed by atoms with Crippen molar-refractivity contribution in [3.05, 3.63) is 105 Å². The summed E-state index contributed by atoms with van der Waals surface area (Å²) in [6.07, 6.45) is 1.54. The van der Waals surface area contributed by atoms with Gasteiger partial charge in [-0.15, -0.1) is 0 Å². The number of hydrogen-bond donors (Lipinski definition) is 0. The van der Waals surface area contributed by atoms with Crippen LogP contribution in [0.1, 0.15) is 5.56 Å². The van der Waals surface area contributed by atoms with E-state index in [9.17, 15) is 9.59 Å². The van der Waals surface area contributed by atoms with E-state index in [1.54, 1.807) is 24.3 Å². The van der Waals surface area contributed by atoms with Gasteiger partial charge in [-0.2, -0.15) is 9.78 Å². The van der Waals surface area contributed by atoms with E-state index in [0.29, 0.717) is 33.6 Å². The molecule has 0 saturated carbocycles. The summed E-state index contributed by atoms with van der Waals surface area (Å²) in [4.78, 5) is 30.2. The van der Waals surface area contributed by atoms with E-state index < -0.39 is 5.97 Å². The van der Waals surface area contributed by atoms with Crippen molar-refractivity contribution < 1.29 is 18.7 Å². The molecule has 0 aliphatic heterocycles. The molecular formula is C30H20BrN3O5. The van der Waals surface area contributed by atoms with Gasteiger partial charge in [0.25, 0.3) is 5.56 Å². The normalized spacial score (nSPS) is 11.5. The van der Waals surface area contributed by atoms with Crippen molar-refractivity contribution in [3.63, 3.8) is 0 Å². The number of fused-ring (bicyclic) bond motifs is 3. The molecule has 6 aromatic rings. The van der Waals surface area contributed by atoms with Crippen LogP contribution in [0.3, 0.4) is 0 Å². The number of nitrogens with zero attached hydrogens (tertiary/aromatic N) is 3. The first-order valence-corrected chi connectivity index (χ1v) is 12.8. The number of benzene rings is 4. The Hall–Kier alpha value is -4.76. The largest absolute Gasteiger partial charge is 0.481 e. The standard InChI is InChI=1S/C30H20BrN3O5/c1-37-28(35)17-38-26-12-10-18-6-2-3-7-21(18)23(26)16-32-34-29(33-24-9-5-4-8-22(24)30(34)36)27-15-19-14-20(31)11-13-25(19)39-27/h2-16H,17H2,1H3. The summed E-state index contributed by atoms with van der Waals surface area (Å²) < 4.78 is 18.7. The van der Waals surface area contributed by atoms with Gasteiger partial charge in [0.2, 0.25) is 5.82 Å². The van der Waals surface area contributed by atoms with Crippen molar-refractivity contribution in [1.29, 1.82) is 0 Å². The highest BCUT2D eigenvalue weighted by molar-refractivity contribution is 9.10. The summed E-state index contributed by atoms with van der Waals surface area (Å²) in [6, 6.07) is 25.9. The molecule has 6 rings (SSSR count). The van der Waals surface area contributed by atoms with Gasteiger partial charge in [-0.3, -0.25) is 4.79 Å². The molecule has 2 heterocycles. The molecule has 192 valence electrons. The Bertz CT molecular complexity index is 1980. The molecule has 2 aromatic heterocycles. The monoisotopic (exact) mass is 581 g/mol. The lowest BCUT2D eigenvalue weighted by Gasteiger charge is -2.12. The molecule has 39 heavy (non-hydrogen) atoms. The van der Waals surface area contributed by atoms with Crippen LogP contribution in [-0.4, -0.2) is 35.6 Å². The van der Waals surface area contributed by atoms with E-state index in [4.69, 9.17) is 18.9 Å². The zero-order valence-electron chi connectivity index (χ0n) is 20.6. The predicted octanol–water partition coefficient (Wildman–Crippen LogP) is 6.16. The fraction of sp³-hybridized carbons (Fsp3) is 0.0667. The Labute approximate surface area is 230 Å². The van der Waals surface area contributed by atoms with Gasteiger partial charge in [-0.25, -0.2) is 9.78 Å². The van der Waals surface area contributed by atoms with E-state index in [1.165, 1.54) is 18.0 Å². The number of furan rings is 1. The first-order valence-electron chi connectivity index (χ1n) is 12.0. The van der Waals surface area contributed by atoms with Gasteiger partial charge < -0.3 is 13.9 Å². The molecule has 4 aromatic carbocycles. The second-order valence-electron chi connectivity index (χ2n) is 8.67. The van der Waals surface area contributed by atoms with E-state index in [0.717, 1.165) is 20.6 Å². The maximum absolute atomic E-state index is 13.7. The average Bonchev–Trinajstić information content (AvgIpc) is 3.38. The van der Waals surface area contributed by atoms with E-state index in [1.807, 2.05) is 60.7 Å². The second-order valence-corrected chi connectivity index (χ2v) is 9.59. The number of carbonyl (C=O) groups is 1. The molecule has 0 aliphatic carbocycles. The predicted molar refractivity (Wildman–Crippen MR) is 153 cm³/mol. The zero-order chi connectivity index (χ0) is 26.9. The number of esters is 1.